The Hall–Kier alpha value is -1.91. The largest absolute Gasteiger partial charge is 0.469 e. The van der Waals surface area contributed by atoms with E-state index in [2.05, 4.69) is 12.1 Å². The lowest BCUT2D eigenvalue weighted by molar-refractivity contribution is 0.535. The third-order valence-corrected chi connectivity index (χ3v) is 4.35. The molecule has 0 aliphatic carbocycles. The van der Waals surface area contributed by atoms with Crippen molar-refractivity contribution >= 4 is 11.3 Å². The summed E-state index contributed by atoms with van der Waals surface area (Å²) < 4.78 is 5.38. The lowest BCUT2D eigenvalue weighted by Gasteiger charge is -2.00. The molecule has 3 rings (SSSR count). The van der Waals surface area contributed by atoms with Crippen molar-refractivity contribution in [2.75, 3.05) is 6.54 Å². The third kappa shape index (κ3) is 2.40. The maximum absolute atomic E-state index is 5.73. The molecule has 0 amide bonds. The van der Waals surface area contributed by atoms with Crippen molar-refractivity contribution in [2.45, 2.75) is 13.3 Å². The highest BCUT2D eigenvalue weighted by Crippen LogP contribution is 2.35. The number of aromatic nitrogens is 1. The number of hydrogen-bond acceptors (Lipinski definition) is 4. The van der Waals surface area contributed by atoms with E-state index < -0.39 is 0 Å². The highest BCUT2D eigenvalue weighted by atomic mass is 32.1. The summed E-state index contributed by atoms with van der Waals surface area (Å²) in [6.45, 7) is 2.59. The fourth-order valence-corrected chi connectivity index (χ4v) is 3.37. The molecule has 2 N–H and O–H groups in total. The predicted molar refractivity (Wildman–Crippen MR) is 82.7 cm³/mol. The molecule has 3 nitrogen and oxygen atoms in total. The van der Waals surface area contributed by atoms with Crippen LogP contribution < -0.4 is 5.73 Å². The topological polar surface area (TPSA) is 52.0 Å². The summed E-state index contributed by atoms with van der Waals surface area (Å²) in [6, 6.07) is 12.2. The molecule has 4 heteroatoms. The van der Waals surface area contributed by atoms with Gasteiger partial charge in [0.05, 0.1) is 17.5 Å². The molecule has 0 unspecified atom stereocenters. The van der Waals surface area contributed by atoms with Crippen molar-refractivity contribution in [2.24, 2.45) is 5.73 Å². The molecule has 20 heavy (non-hydrogen) atoms. The van der Waals surface area contributed by atoms with Gasteiger partial charge in [-0.25, -0.2) is 4.98 Å². The van der Waals surface area contributed by atoms with E-state index in [9.17, 15) is 0 Å². The van der Waals surface area contributed by atoms with Crippen molar-refractivity contribution < 1.29 is 4.42 Å². The van der Waals surface area contributed by atoms with E-state index in [0.717, 1.165) is 34.0 Å². The van der Waals surface area contributed by atoms with Gasteiger partial charge in [0.15, 0.2) is 0 Å². The molecule has 0 saturated carbocycles. The van der Waals surface area contributed by atoms with Gasteiger partial charge in [-0.15, -0.1) is 11.3 Å². The van der Waals surface area contributed by atoms with Crippen molar-refractivity contribution in [1.82, 2.24) is 4.98 Å². The van der Waals surface area contributed by atoms with Gasteiger partial charge in [0.1, 0.15) is 10.8 Å². The Balaban J connectivity index is 2.10. The highest BCUT2D eigenvalue weighted by Gasteiger charge is 2.15. The molecule has 2 heterocycles. The van der Waals surface area contributed by atoms with Crippen LogP contribution in [0.1, 0.15) is 10.6 Å². The van der Waals surface area contributed by atoms with E-state index in [1.807, 2.05) is 31.2 Å². The highest BCUT2D eigenvalue weighted by molar-refractivity contribution is 7.15. The van der Waals surface area contributed by atoms with Crippen LogP contribution in [0.25, 0.3) is 21.8 Å². The zero-order valence-corrected chi connectivity index (χ0v) is 12.1. The second kappa shape index (κ2) is 5.61. The monoisotopic (exact) mass is 284 g/mol. The van der Waals surface area contributed by atoms with Crippen molar-refractivity contribution in [3.05, 3.63) is 53.3 Å². The first-order valence-corrected chi connectivity index (χ1v) is 7.41. The number of nitrogens with two attached hydrogens (primary N) is 1. The molecule has 1 aromatic carbocycles. The first-order chi connectivity index (χ1) is 9.79. The van der Waals surface area contributed by atoms with Gasteiger partial charge in [-0.1, -0.05) is 30.3 Å². The number of thiazole rings is 1. The van der Waals surface area contributed by atoms with Gasteiger partial charge in [0, 0.05) is 10.4 Å². The average molecular weight is 284 g/mol. The third-order valence-electron chi connectivity index (χ3n) is 3.21. The van der Waals surface area contributed by atoms with Crippen LogP contribution >= 0.6 is 11.3 Å². The van der Waals surface area contributed by atoms with E-state index in [1.54, 1.807) is 17.6 Å². The Kier molecular flexibility index (Phi) is 3.67. The van der Waals surface area contributed by atoms with Crippen molar-refractivity contribution in [1.29, 1.82) is 0 Å². The zero-order valence-electron chi connectivity index (χ0n) is 11.3. The van der Waals surface area contributed by atoms with E-state index in [0.29, 0.717) is 6.54 Å². The van der Waals surface area contributed by atoms with Crippen molar-refractivity contribution in [3.63, 3.8) is 0 Å². The lowest BCUT2D eigenvalue weighted by atomic mass is 10.1. The first-order valence-electron chi connectivity index (χ1n) is 6.59. The van der Waals surface area contributed by atoms with Crippen LogP contribution in [-0.2, 0) is 6.42 Å². The fraction of sp³-hybridized carbons (Fsp3) is 0.188. The van der Waals surface area contributed by atoms with Crippen LogP contribution in [0.5, 0.6) is 0 Å². The molecule has 0 spiro atoms. The smallest absolute Gasteiger partial charge is 0.127 e. The molecule has 102 valence electrons. The Morgan fingerprint density at radius 1 is 1.20 bits per heavy atom. The minimum atomic E-state index is 0.631. The van der Waals surface area contributed by atoms with Crippen LogP contribution in [0, 0.1) is 6.92 Å². The second-order valence-corrected chi connectivity index (χ2v) is 5.67. The first kappa shape index (κ1) is 13.1. The van der Waals surface area contributed by atoms with E-state index in [-0.39, 0.29) is 0 Å². The number of nitrogens with zero attached hydrogens (tertiary/aromatic N) is 1. The standard InChI is InChI=1S/C16H16N2OS/c1-11-13(8-10-19-11)16-18-15(14(20-16)7-9-17)12-5-3-2-4-6-12/h2-6,8,10H,7,9,17H2,1H3. The summed E-state index contributed by atoms with van der Waals surface area (Å²) in [7, 11) is 0. The second-order valence-electron chi connectivity index (χ2n) is 4.59. The van der Waals surface area contributed by atoms with E-state index in [4.69, 9.17) is 15.1 Å². The number of rotatable bonds is 4. The summed E-state index contributed by atoms with van der Waals surface area (Å²) in [5, 5.41) is 0.999. The number of hydrogen-bond donors (Lipinski definition) is 1. The summed E-state index contributed by atoms with van der Waals surface area (Å²) >= 11 is 1.70. The van der Waals surface area contributed by atoms with Gasteiger partial charge >= 0.3 is 0 Å². The lowest BCUT2D eigenvalue weighted by Crippen LogP contribution is -2.02. The van der Waals surface area contributed by atoms with Crippen LogP contribution in [-0.4, -0.2) is 11.5 Å². The molecule has 0 atom stereocenters. The zero-order chi connectivity index (χ0) is 13.9. The maximum atomic E-state index is 5.73. The molecular formula is C16H16N2OS. The SMILES string of the molecule is Cc1occc1-c1nc(-c2ccccc2)c(CCN)s1. The summed E-state index contributed by atoms with van der Waals surface area (Å²) in [4.78, 5) is 6.04. The van der Waals surface area contributed by atoms with Crippen LogP contribution in [0.3, 0.4) is 0 Å². The quantitative estimate of drug-likeness (QED) is 0.791. The minimum Gasteiger partial charge on any atom is -0.469 e. The summed E-state index contributed by atoms with van der Waals surface area (Å²) in [5.41, 5.74) is 8.97. The summed E-state index contributed by atoms with van der Waals surface area (Å²) in [5.74, 6) is 0.901. The molecular weight excluding hydrogens is 268 g/mol. The number of benzene rings is 1. The van der Waals surface area contributed by atoms with Crippen LogP contribution in [0.4, 0.5) is 0 Å². The molecule has 0 fully saturated rings. The number of furan rings is 1. The average Bonchev–Trinajstić information content (AvgIpc) is 3.06. The Morgan fingerprint density at radius 3 is 2.65 bits per heavy atom. The van der Waals surface area contributed by atoms with Gasteiger partial charge in [-0.2, -0.15) is 0 Å². The maximum Gasteiger partial charge on any atom is 0.127 e. The van der Waals surface area contributed by atoms with Crippen molar-refractivity contribution in [3.8, 4) is 21.8 Å². The normalized spacial score (nSPS) is 10.9. The number of aryl methyl sites for hydroxylation is 1. The molecule has 0 bridgehead atoms. The Bertz CT molecular complexity index is 700. The van der Waals surface area contributed by atoms with Gasteiger partial charge in [0.25, 0.3) is 0 Å². The molecule has 0 aliphatic heterocycles. The molecule has 2 aromatic heterocycles. The van der Waals surface area contributed by atoms with Gasteiger partial charge in [-0.3, -0.25) is 0 Å². The molecule has 0 aliphatic rings. The van der Waals surface area contributed by atoms with Gasteiger partial charge < -0.3 is 10.2 Å². The summed E-state index contributed by atoms with van der Waals surface area (Å²) in [6.07, 6.45) is 2.55. The van der Waals surface area contributed by atoms with E-state index >= 15 is 0 Å². The fourth-order valence-electron chi connectivity index (χ4n) is 2.20. The minimum absolute atomic E-state index is 0.631. The van der Waals surface area contributed by atoms with Gasteiger partial charge in [0.2, 0.25) is 0 Å². The van der Waals surface area contributed by atoms with Crippen LogP contribution in [0.15, 0.2) is 47.1 Å². The van der Waals surface area contributed by atoms with Gasteiger partial charge in [-0.05, 0) is 26.0 Å². The predicted octanol–water partition coefficient (Wildman–Crippen LogP) is 3.88. The molecule has 0 radical (unpaired) electrons. The Labute approximate surface area is 122 Å². The molecule has 0 saturated heterocycles. The molecule has 3 aromatic rings. The Morgan fingerprint density at radius 2 is 2.00 bits per heavy atom. The van der Waals surface area contributed by atoms with E-state index in [1.165, 1.54) is 4.88 Å². The van der Waals surface area contributed by atoms with Crippen LogP contribution in [0.2, 0.25) is 0 Å².